The van der Waals surface area contributed by atoms with Gasteiger partial charge in [0.1, 0.15) is 11.9 Å². The number of rotatable bonds is 5. The van der Waals surface area contributed by atoms with Crippen LogP contribution in [0, 0.1) is 0 Å². The first-order chi connectivity index (χ1) is 14.5. The highest BCUT2D eigenvalue weighted by Gasteiger charge is 2.34. The fraction of sp³-hybridized carbons (Fsp3) is 0.292. The summed E-state index contributed by atoms with van der Waals surface area (Å²) >= 11 is 6.24. The number of carbonyl (C=O) groups is 1. The molecule has 0 heterocycles. The van der Waals surface area contributed by atoms with Crippen LogP contribution in [0.3, 0.4) is 0 Å². The van der Waals surface area contributed by atoms with Gasteiger partial charge in [0.25, 0.3) is 5.91 Å². The quantitative estimate of drug-likeness (QED) is 0.573. The third-order valence-corrected chi connectivity index (χ3v) is 5.81. The van der Waals surface area contributed by atoms with Crippen molar-refractivity contribution in [2.24, 2.45) is 0 Å². The number of aliphatic hydroxyl groups excluding tert-OH is 2. The van der Waals surface area contributed by atoms with E-state index in [4.69, 9.17) is 16.3 Å². The average molecular weight is 426 g/mol. The first-order valence-corrected chi connectivity index (χ1v) is 10.5. The summed E-state index contributed by atoms with van der Waals surface area (Å²) in [7, 11) is 0. The predicted molar refractivity (Wildman–Crippen MR) is 118 cm³/mol. The minimum absolute atomic E-state index is 0.266. The molecule has 1 fully saturated rings. The van der Waals surface area contributed by atoms with Crippen LogP contribution >= 0.6 is 11.6 Å². The maximum atomic E-state index is 12.7. The molecule has 3 aromatic rings. The molecule has 30 heavy (non-hydrogen) atoms. The predicted octanol–water partition coefficient (Wildman–Crippen LogP) is 4.17. The first-order valence-electron chi connectivity index (χ1n) is 10.1. The zero-order valence-corrected chi connectivity index (χ0v) is 17.4. The van der Waals surface area contributed by atoms with Crippen molar-refractivity contribution in [2.75, 3.05) is 6.61 Å². The summed E-state index contributed by atoms with van der Waals surface area (Å²) in [5.41, 5.74) is 2.37. The molecule has 0 unspecified atom stereocenters. The van der Waals surface area contributed by atoms with E-state index in [9.17, 15) is 15.0 Å². The van der Waals surface area contributed by atoms with Crippen molar-refractivity contribution < 1.29 is 19.7 Å². The Bertz CT molecular complexity index is 1080. The zero-order chi connectivity index (χ0) is 21.3. The van der Waals surface area contributed by atoms with Gasteiger partial charge in [-0.05, 0) is 66.4 Å². The summed E-state index contributed by atoms with van der Waals surface area (Å²) in [6, 6.07) is 16.5. The topological polar surface area (TPSA) is 78.8 Å². The highest BCUT2D eigenvalue weighted by atomic mass is 35.5. The number of ether oxygens (including phenoxy) is 1. The second-order valence-electron chi connectivity index (χ2n) is 7.53. The fourth-order valence-corrected chi connectivity index (χ4v) is 4.20. The number of hydrogen-bond donors (Lipinski definition) is 3. The van der Waals surface area contributed by atoms with E-state index in [1.54, 1.807) is 12.1 Å². The molecule has 1 aliphatic rings. The van der Waals surface area contributed by atoms with Crippen LogP contribution in [-0.2, 0) is 0 Å². The molecule has 5 nitrogen and oxygen atoms in total. The van der Waals surface area contributed by atoms with Crippen molar-refractivity contribution in [3.8, 4) is 16.9 Å². The number of fused-ring (bicyclic) bond motifs is 1. The maximum Gasteiger partial charge on any atom is 0.251 e. The lowest BCUT2D eigenvalue weighted by atomic mass is 9.96. The molecule has 3 aromatic carbocycles. The van der Waals surface area contributed by atoms with Crippen LogP contribution in [0.5, 0.6) is 5.75 Å². The van der Waals surface area contributed by atoms with Crippen molar-refractivity contribution >= 4 is 28.3 Å². The third-order valence-electron chi connectivity index (χ3n) is 5.57. The summed E-state index contributed by atoms with van der Waals surface area (Å²) in [5.74, 6) is 0.489. The van der Waals surface area contributed by atoms with E-state index in [1.807, 2.05) is 49.4 Å². The molecule has 0 bridgehead atoms. The van der Waals surface area contributed by atoms with Gasteiger partial charge < -0.3 is 20.3 Å². The lowest BCUT2D eigenvalue weighted by Gasteiger charge is -2.18. The molecule has 3 atom stereocenters. The van der Waals surface area contributed by atoms with E-state index in [1.165, 1.54) is 0 Å². The van der Waals surface area contributed by atoms with E-state index in [-0.39, 0.29) is 5.91 Å². The Morgan fingerprint density at radius 1 is 1.10 bits per heavy atom. The first kappa shape index (κ1) is 20.7. The van der Waals surface area contributed by atoms with Gasteiger partial charge in [0, 0.05) is 16.1 Å². The van der Waals surface area contributed by atoms with Crippen LogP contribution in [0.1, 0.15) is 30.1 Å². The number of carbonyl (C=O) groups excluding carboxylic acids is 1. The molecule has 0 spiro atoms. The van der Waals surface area contributed by atoms with Crippen molar-refractivity contribution in [2.45, 2.75) is 38.0 Å². The van der Waals surface area contributed by atoms with Gasteiger partial charge in [0.2, 0.25) is 0 Å². The zero-order valence-electron chi connectivity index (χ0n) is 16.6. The second-order valence-corrected chi connectivity index (χ2v) is 7.97. The molecule has 1 saturated carbocycles. The second kappa shape index (κ2) is 8.64. The summed E-state index contributed by atoms with van der Waals surface area (Å²) in [5, 5.41) is 25.0. The number of amides is 1. The van der Waals surface area contributed by atoms with E-state index in [0.29, 0.717) is 30.0 Å². The molecular weight excluding hydrogens is 402 g/mol. The van der Waals surface area contributed by atoms with E-state index >= 15 is 0 Å². The van der Waals surface area contributed by atoms with Gasteiger partial charge in [0.15, 0.2) is 0 Å². The molecule has 6 heteroatoms. The molecule has 1 aliphatic carbocycles. The normalized spacial score (nSPS) is 21.0. The minimum Gasteiger partial charge on any atom is -0.493 e. The van der Waals surface area contributed by atoms with E-state index in [0.717, 1.165) is 27.6 Å². The van der Waals surface area contributed by atoms with Crippen LogP contribution < -0.4 is 10.1 Å². The van der Waals surface area contributed by atoms with Gasteiger partial charge in [0.05, 0.1) is 18.8 Å². The van der Waals surface area contributed by atoms with Crippen molar-refractivity contribution in [3.63, 3.8) is 0 Å². The molecule has 4 rings (SSSR count). The lowest BCUT2D eigenvalue weighted by molar-refractivity contribution is 0.0296. The molecule has 1 amide bonds. The summed E-state index contributed by atoms with van der Waals surface area (Å²) < 4.78 is 5.78. The van der Waals surface area contributed by atoms with Gasteiger partial charge in [-0.25, -0.2) is 0 Å². The Labute approximate surface area is 180 Å². The van der Waals surface area contributed by atoms with Gasteiger partial charge >= 0.3 is 0 Å². The number of benzene rings is 3. The number of aliphatic hydroxyl groups is 2. The standard InChI is InChI=1S/C24H24ClNO4/c1-2-30-22-11-7-16(25)13-19(22)18-5-3-4-14-12-15(6-8-17(14)18)24(29)26-20-9-10-21(27)23(20)28/h3-8,11-13,20-21,23,27-28H,2,9-10H2,1H3,(H,26,29)/t20-,21-,23+/m1/s1. The van der Waals surface area contributed by atoms with Crippen molar-refractivity contribution in [1.29, 1.82) is 0 Å². The van der Waals surface area contributed by atoms with Crippen LogP contribution in [0.15, 0.2) is 54.6 Å². The van der Waals surface area contributed by atoms with Crippen LogP contribution in [-0.4, -0.2) is 41.0 Å². The molecular formula is C24H24ClNO4. The summed E-state index contributed by atoms with van der Waals surface area (Å²) in [4.78, 5) is 12.7. The molecule has 0 aliphatic heterocycles. The van der Waals surface area contributed by atoms with Crippen molar-refractivity contribution in [3.05, 3.63) is 65.2 Å². The maximum absolute atomic E-state index is 12.7. The van der Waals surface area contributed by atoms with Gasteiger partial charge in [-0.15, -0.1) is 0 Å². The number of hydrogen-bond acceptors (Lipinski definition) is 4. The monoisotopic (exact) mass is 425 g/mol. The Kier molecular flexibility index (Phi) is 5.95. The highest BCUT2D eigenvalue weighted by molar-refractivity contribution is 6.31. The largest absolute Gasteiger partial charge is 0.493 e. The number of nitrogens with one attached hydrogen (secondary N) is 1. The molecule has 156 valence electrons. The summed E-state index contributed by atoms with van der Waals surface area (Å²) in [6.07, 6.45) is -0.678. The minimum atomic E-state index is -0.930. The number of halogens is 1. The van der Waals surface area contributed by atoms with Crippen LogP contribution in [0.2, 0.25) is 5.02 Å². The van der Waals surface area contributed by atoms with Crippen molar-refractivity contribution in [1.82, 2.24) is 5.32 Å². The summed E-state index contributed by atoms with van der Waals surface area (Å²) in [6.45, 7) is 2.48. The van der Waals surface area contributed by atoms with Crippen LogP contribution in [0.25, 0.3) is 21.9 Å². The van der Waals surface area contributed by atoms with Gasteiger partial charge in [-0.3, -0.25) is 4.79 Å². The Morgan fingerprint density at radius 2 is 1.93 bits per heavy atom. The Balaban J connectivity index is 1.68. The molecule has 0 radical (unpaired) electrons. The highest BCUT2D eigenvalue weighted by Crippen LogP contribution is 2.37. The molecule has 0 saturated heterocycles. The third kappa shape index (κ3) is 4.01. The smallest absolute Gasteiger partial charge is 0.251 e. The molecule has 3 N–H and O–H groups in total. The lowest BCUT2D eigenvalue weighted by Crippen LogP contribution is -2.42. The van der Waals surface area contributed by atoms with Crippen LogP contribution in [0.4, 0.5) is 0 Å². The SMILES string of the molecule is CCOc1ccc(Cl)cc1-c1cccc2cc(C(=O)N[C@@H]3CC[C@@H](O)[C@H]3O)ccc12. The van der Waals surface area contributed by atoms with E-state index in [2.05, 4.69) is 5.32 Å². The van der Waals surface area contributed by atoms with Gasteiger partial charge in [-0.1, -0.05) is 35.9 Å². The van der Waals surface area contributed by atoms with Gasteiger partial charge in [-0.2, -0.15) is 0 Å². The molecule has 0 aromatic heterocycles. The Hall–Kier alpha value is -2.60. The fourth-order valence-electron chi connectivity index (χ4n) is 4.02. The average Bonchev–Trinajstić information content (AvgIpc) is 3.06. The Morgan fingerprint density at radius 3 is 2.67 bits per heavy atom. The van der Waals surface area contributed by atoms with E-state index < -0.39 is 18.2 Å².